The van der Waals surface area contributed by atoms with Crippen LogP contribution in [-0.4, -0.2) is 82.4 Å². The van der Waals surface area contributed by atoms with E-state index in [4.69, 9.17) is 14.7 Å². The number of rotatable bonds is 11. The van der Waals surface area contributed by atoms with Crippen LogP contribution in [0.15, 0.2) is 48.1 Å². The molecule has 0 saturated carbocycles. The van der Waals surface area contributed by atoms with E-state index in [1.165, 1.54) is 0 Å². The van der Waals surface area contributed by atoms with E-state index in [1.54, 1.807) is 29.2 Å². The topological polar surface area (TPSA) is 87.9 Å². The number of amides is 1. The molecule has 1 fully saturated rings. The third kappa shape index (κ3) is 5.29. The first-order chi connectivity index (χ1) is 18.5. The standard InChI is InChI=1S/C28H35N7O2S/c1-5-33(6-2)19(3)16-29-28(36)20-14-24(31-26(15-20)34-11-9-21(34)18-37-4)22-17-30-35-12-10-23(32-27(22)35)25-8-7-13-38-25/h7-8,10,12-15,17,19,21H,5-6,9,11,16,18H2,1-4H3,(H,29,36)/t19-,21+/m0/s1. The molecule has 0 unspecified atom stereocenters. The maximum atomic E-state index is 13.4. The number of carbonyl (C=O) groups excluding carboxylic acids is 1. The number of fused-ring (bicyclic) bond motifs is 1. The van der Waals surface area contributed by atoms with Gasteiger partial charge in [0.2, 0.25) is 0 Å². The Kier molecular flexibility index (Phi) is 8.01. The predicted molar refractivity (Wildman–Crippen MR) is 152 cm³/mol. The van der Waals surface area contributed by atoms with Gasteiger partial charge in [0.25, 0.3) is 5.91 Å². The van der Waals surface area contributed by atoms with Crippen LogP contribution < -0.4 is 10.2 Å². The van der Waals surface area contributed by atoms with E-state index in [0.29, 0.717) is 30.1 Å². The second-order valence-electron chi connectivity index (χ2n) is 9.59. The fourth-order valence-corrected chi connectivity index (χ4v) is 5.67. The highest BCUT2D eigenvalue weighted by Gasteiger charge is 2.30. The van der Waals surface area contributed by atoms with E-state index in [9.17, 15) is 4.79 Å². The van der Waals surface area contributed by atoms with Gasteiger partial charge in [-0.05, 0) is 56.1 Å². The molecule has 1 N–H and O–H groups in total. The number of pyridine rings is 1. The van der Waals surface area contributed by atoms with Gasteiger partial charge in [-0.2, -0.15) is 5.10 Å². The molecule has 0 aromatic carbocycles. The van der Waals surface area contributed by atoms with Crippen molar-refractivity contribution < 1.29 is 9.53 Å². The molecular formula is C28H35N7O2S. The lowest BCUT2D eigenvalue weighted by Gasteiger charge is -2.41. The predicted octanol–water partition coefficient (Wildman–Crippen LogP) is 4.21. The molecule has 4 aromatic rings. The number of aromatic nitrogens is 4. The van der Waals surface area contributed by atoms with Crippen molar-refractivity contribution in [3.8, 4) is 21.8 Å². The van der Waals surface area contributed by atoms with Gasteiger partial charge in [-0.15, -0.1) is 11.3 Å². The van der Waals surface area contributed by atoms with Crippen LogP contribution in [-0.2, 0) is 4.74 Å². The molecule has 200 valence electrons. The number of hydrogen-bond donors (Lipinski definition) is 1. The summed E-state index contributed by atoms with van der Waals surface area (Å²) in [5.41, 5.74) is 3.64. The molecule has 9 nitrogen and oxygen atoms in total. The highest BCUT2D eigenvalue weighted by atomic mass is 32.1. The van der Waals surface area contributed by atoms with Crippen LogP contribution in [0.2, 0.25) is 0 Å². The Balaban J connectivity index is 1.51. The molecule has 0 radical (unpaired) electrons. The largest absolute Gasteiger partial charge is 0.383 e. The minimum atomic E-state index is -0.110. The Bertz CT molecular complexity index is 1380. The number of thiophene rings is 1. The first-order valence-corrected chi connectivity index (χ1v) is 14.1. The second kappa shape index (κ2) is 11.6. The van der Waals surface area contributed by atoms with E-state index in [-0.39, 0.29) is 18.0 Å². The molecule has 4 aromatic heterocycles. The molecule has 10 heteroatoms. The third-order valence-corrected chi connectivity index (χ3v) is 8.18. The van der Waals surface area contributed by atoms with Crippen molar-refractivity contribution >= 4 is 28.7 Å². The van der Waals surface area contributed by atoms with Crippen molar-refractivity contribution in [2.24, 2.45) is 0 Å². The number of anilines is 1. The third-order valence-electron chi connectivity index (χ3n) is 7.28. The summed E-state index contributed by atoms with van der Waals surface area (Å²) < 4.78 is 7.17. The maximum Gasteiger partial charge on any atom is 0.251 e. The average molecular weight is 534 g/mol. The van der Waals surface area contributed by atoms with E-state index >= 15 is 0 Å². The van der Waals surface area contributed by atoms with Crippen LogP contribution >= 0.6 is 11.3 Å². The average Bonchev–Trinajstić information content (AvgIpc) is 3.60. The Morgan fingerprint density at radius 3 is 2.76 bits per heavy atom. The molecule has 1 amide bonds. The summed E-state index contributed by atoms with van der Waals surface area (Å²) >= 11 is 1.65. The molecule has 0 aliphatic carbocycles. The number of likely N-dealkylation sites (N-methyl/N-ethyl adjacent to an activating group) is 1. The first-order valence-electron chi connectivity index (χ1n) is 13.2. The smallest absolute Gasteiger partial charge is 0.251 e. The SMILES string of the molecule is CCN(CC)[C@@H](C)CNC(=O)c1cc(-c2cnn3ccc(-c4cccs4)nc23)nc(N2CC[C@@H]2COC)c1. The van der Waals surface area contributed by atoms with Gasteiger partial charge in [-0.25, -0.2) is 14.5 Å². The van der Waals surface area contributed by atoms with Crippen molar-refractivity contribution in [2.75, 3.05) is 44.8 Å². The molecule has 0 bridgehead atoms. The molecule has 1 saturated heterocycles. The van der Waals surface area contributed by atoms with Crippen LogP contribution in [0.3, 0.4) is 0 Å². The number of ether oxygens (including phenoxy) is 1. The second-order valence-corrected chi connectivity index (χ2v) is 10.5. The summed E-state index contributed by atoms with van der Waals surface area (Å²) in [6, 6.07) is 10.3. The summed E-state index contributed by atoms with van der Waals surface area (Å²) in [6.07, 6.45) is 4.72. The molecule has 1 aliphatic heterocycles. The first kappa shape index (κ1) is 26.3. The lowest BCUT2D eigenvalue weighted by atomic mass is 10.0. The van der Waals surface area contributed by atoms with Gasteiger partial charge in [0.15, 0.2) is 5.65 Å². The Morgan fingerprint density at radius 1 is 1.24 bits per heavy atom. The normalized spacial score (nSPS) is 16.1. The molecular weight excluding hydrogens is 498 g/mol. The molecule has 38 heavy (non-hydrogen) atoms. The van der Waals surface area contributed by atoms with Crippen molar-refractivity contribution in [1.29, 1.82) is 0 Å². The highest BCUT2D eigenvalue weighted by molar-refractivity contribution is 7.13. The fraction of sp³-hybridized carbons (Fsp3) is 0.429. The zero-order valence-corrected chi connectivity index (χ0v) is 23.2. The maximum absolute atomic E-state index is 13.4. The summed E-state index contributed by atoms with van der Waals surface area (Å²) in [4.78, 5) is 28.9. The van der Waals surface area contributed by atoms with E-state index in [2.05, 4.69) is 47.1 Å². The summed E-state index contributed by atoms with van der Waals surface area (Å²) in [6.45, 7) is 10.4. The number of nitrogens with zero attached hydrogens (tertiary/aromatic N) is 6. The molecule has 1 aliphatic rings. The minimum Gasteiger partial charge on any atom is -0.383 e. The summed E-state index contributed by atoms with van der Waals surface area (Å²) in [7, 11) is 1.71. The molecule has 5 heterocycles. The van der Waals surface area contributed by atoms with Gasteiger partial charge in [-0.1, -0.05) is 19.9 Å². The van der Waals surface area contributed by atoms with Crippen LogP contribution in [0.4, 0.5) is 5.82 Å². The quantitative estimate of drug-likeness (QED) is 0.309. The molecule has 5 rings (SSSR count). The van der Waals surface area contributed by atoms with E-state index in [0.717, 1.165) is 48.0 Å². The van der Waals surface area contributed by atoms with Gasteiger partial charge >= 0.3 is 0 Å². The van der Waals surface area contributed by atoms with Gasteiger partial charge in [0.05, 0.1) is 40.7 Å². The monoisotopic (exact) mass is 533 g/mol. The Labute approximate surface area is 227 Å². The van der Waals surface area contributed by atoms with Crippen LogP contribution in [0.25, 0.3) is 27.5 Å². The minimum absolute atomic E-state index is 0.110. The lowest BCUT2D eigenvalue weighted by Crippen LogP contribution is -2.50. The van der Waals surface area contributed by atoms with Gasteiger partial charge < -0.3 is 15.0 Å². The van der Waals surface area contributed by atoms with Gasteiger partial charge in [-0.3, -0.25) is 9.69 Å². The van der Waals surface area contributed by atoms with Crippen LogP contribution in [0, 0.1) is 0 Å². The van der Waals surface area contributed by atoms with Gasteiger partial charge in [0, 0.05) is 38.0 Å². The number of nitrogens with one attached hydrogen (secondary N) is 1. The van der Waals surface area contributed by atoms with Crippen molar-refractivity contribution in [2.45, 2.75) is 39.3 Å². The lowest BCUT2D eigenvalue weighted by molar-refractivity contribution is 0.0938. The van der Waals surface area contributed by atoms with Gasteiger partial charge in [0.1, 0.15) is 5.82 Å². The van der Waals surface area contributed by atoms with E-state index < -0.39 is 0 Å². The van der Waals surface area contributed by atoms with Crippen molar-refractivity contribution in [3.63, 3.8) is 0 Å². The van der Waals surface area contributed by atoms with Crippen molar-refractivity contribution in [3.05, 3.63) is 53.7 Å². The summed E-state index contributed by atoms with van der Waals surface area (Å²) in [5, 5.41) is 9.70. The number of carbonyl (C=O) groups is 1. The van der Waals surface area contributed by atoms with Crippen LogP contribution in [0.5, 0.6) is 0 Å². The zero-order chi connectivity index (χ0) is 26.6. The number of methoxy groups -OCH3 is 1. The number of hydrogen-bond acceptors (Lipinski definition) is 8. The summed E-state index contributed by atoms with van der Waals surface area (Å²) in [5.74, 6) is 0.660. The van der Waals surface area contributed by atoms with Crippen LogP contribution in [0.1, 0.15) is 37.6 Å². The Hall–Kier alpha value is -3.34. The van der Waals surface area contributed by atoms with Crippen molar-refractivity contribution in [1.82, 2.24) is 29.8 Å². The fourth-order valence-electron chi connectivity index (χ4n) is 4.97. The van der Waals surface area contributed by atoms with E-state index in [1.807, 2.05) is 35.8 Å². The molecule has 2 atom stereocenters. The zero-order valence-electron chi connectivity index (χ0n) is 22.4. The molecule has 0 spiro atoms. The Morgan fingerprint density at radius 2 is 2.08 bits per heavy atom. The highest BCUT2D eigenvalue weighted by Crippen LogP contribution is 2.31.